The van der Waals surface area contributed by atoms with E-state index in [2.05, 4.69) is 52.8 Å². The third kappa shape index (κ3) is 2.23. The Balaban J connectivity index is 3.29. The Labute approximate surface area is 93.7 Å². The summed E-state index contributed by atoms with van der Waals surface area (Å²) in [5, 5.41) is 0. The number of nitrogens with two attached hydrogens (primary N) is 1. The quantitative estimate of drug-likeness (QED) is 0.802. The Morgan fingerprint density at radius 1 is 1.27 bits per heavy atom. The van der Waals surface area contributed by atoms with E-state index in [0.29, 0.717) is 5.92 Å². The van der Waals surface area contributed by atoms with E-state index in [9.17, 15) is 0 Å². The van der Waals surface area contributed by atoms with Crippen molar-refractivity contribution >= 4 is 0 Å². The number of hydrogen-bond donors (Lipinski definition) is 1. The van der Waals surface area contributed by atoms with Crippen molar-refractivity contribution in [2.75, 3.05) is 0 Å². The van der Waals surface area contributed by atoms with Crippen LogP contribution in [0.4, 0.5) is 0 Å². The fraction of sp³-hybridized carbons (Fsp3) is 0.571. The molecule has 0 aliphatic carbocycles. The highest BCUT2D eigenvalue weighted by molar-refractivity contribution is 5.36. The molecule has 0 aromatic heterocycles. The molecule has 1 nitrogen and oxygen atoms in total. The van der Waals surface area contributed by atoms with Crippen molar-refractivity contribution < 1.29 is 0 Å². The largest absolute Gasteiger partial charge is 0.321 e. The molecule has 0 heterocycles. The van der Waals surface area contributed by atoms with Crippen LogP contribution in [0, 0.1) is 19.8 Å². The highest BCUT2D eigenvalue weighted by Gasteiger charge is 2.30. The Kier molecular flexibility index (Phi) is 3.56. The fourth-order valence-corrected chi connectivity index (χ4v) is 2.15. The zero-order chi connectivity index (χ0) is 11.6. The molecule has 1 heteroatoms. The minimum Gasteiger partial charge on any atom is -0.321 e. The smallest absolute Gasteiger partial charge is 0.0433 e. The first-order valence-corrected chi connectivity index (χ1v) is 5.78. The van der Waals surface area contributed by atoms with Crippen LogP contribution in [-0.2, 0) is 5.54 Å². The van der Waals surface area contributed by atoms with Gasteiger partial charge < -0.3 is 5.73 Å². The zero-order valence-corrected chi connectivity index (χ0v) is 10.6. The zero-order valence-electron chi connectivity index (χ0n) is 10.6. The Morgan fingerprint density at radius 3 is 2.33 bits per heavy atom. The van der Waals surface area contributed by atoms with Crippen LogP contribution in [0.15, 0.2) is 18.2 Å². The number of benzene rings is 1. The SMILES string of the molecule is CCC(N)(c1cc(C)ccc1C)C(C)C. The summed E-state index contributed by atoms with van der Waals surface area (Å²) < 4.78 is 0. The summed E-state index contributed by atoms with van der Waals surface area (Å²) in [6.07, 6.45) is 0.981. The summed E-state index contributed by atoms with van der Waals surface area (Å²) in [6, 6.07) is 6.55. The van der Waals surface area contributed by atoms with Crippen LogP contribution in [0.25, 0.3) is 0 Å². The molecule has 1 aromatic rings. The van der Waals surface area contributed by atoms with Crippen molar-refractivity contribution in [2.45, 2.75) is 46.6 Å². The van der Waals surface area contributed by atoms with Crippen LogP contribution in [-0.4, -0.2) is 0 Å². The van der Waals surface area contributed by atoms with Crippen LogP contribution in [0.5, 0.6) is 0 Å². The second kappa shape index (κ2) is 4.36. The lowest BCUT2D eigenvalue weighted by Crippen LogP contribution is -2.42. The number of rotatable bonds is 3. The molecule has 0 amide bonds. The van der Waals surface area contributed by atoms with E-state index >= 15 is 0 Å². The molecule has 0 bridgehead atoms. The van der Waals surface area contributed by atoms with E-state index < -0.39 is 0 Å². The highest BCUT2D eigenvalue weighted by Crippen LogP contribution is 2.32. The Hall–Kier alpha value is -0.820. The first kappa shape index (κ1) is 12.3. The van der Waals surface area contributed by atoms with Gasteiger partial charge in [0.25, 0.3) is 0 Å². The maximum absolute atomic E-state index is 6.53. The van der Waals surface area contributed by atoms with E-state index in [4.69, 9.17) is 5.73 Å². The monoisotopic (exact) mass is 205 g/mol. The van der Waals surface area contributed by atoms with Gasteiger partial charge in [-0.2, -0.15) is 0 Å². The van der Waals surface area contributed by atoms with E-state index in [-0.39, 0.29) is 5.54 Å². The average Bonchev–Trinajstić information content (AvgIpc) is 2.20. The lowest BCUT2D eigenvalue weighted by Gasteiger charge is -2.34. The third-order valence-electron chi connectivity index (χ3n) is 3.51. The molecule has 0 aliphatic heterocycles. The minimum absolute atomic E-state index is 0.184. The van der Waals surface area contributed by atoms with Crippen molar-refractivity contribution in [1.82, 2.24) is 0 Å². The lowest BCUT2D eigenvalue weighted by atomic mass is 9.76. The van der Waals surface area contributed by atoms with Crippen molar-refractivity contribution in [3.63, 3.8) is 0 Å². The lowest BCUT2D eigenvalue weighted by molar-refractivity contribution is 0.304. The summed E-state index contributed by atoms with van der Waals surface area (Å²) in [7, 11) is 0. The van der Waals surface area contributed by atoms with Gasteiger partial charge >= 0.3 is 0 Å². The van der Waals surface area contributed by atoms with Crippen LogP contribution in [0.2, 0.25) is 0 Å². The Bertz CT molecular complexity index is 341. The molecule has 1 aromatic carbocycles. The molecule has 0 radical (unpaired) electrons. The standard InChI is InChI=1S/C14H23N/c1-6-14(15,10(2)3)13-9-11(4)7-8-12(13)5/h7-10H,6,15H2,1-5H3. The third-order valence-corrected chi connectivity index (χ3v) is 3.51. The molecule has 1 rings (SSSR count). The molecule has 1 unspecified atom stereocenters. The normalized spacial score (nSPS) is 15.4. The van der Waals surface area contributed by atoms with Crippen molar-refractivity contribution in [3.05, 3.63) is 34.9 Å². The predicted octanol–water partition coefficient (Wildman–Crippen LogP) is 3.52. The van der Waals surface area contributed by atoms with Gasteiger partial charge in [0, 0.05) is 5.54 Å². The van der Waals surface area contributed by atoms with Crippen LogP contribution < -0.4 is 5.73 Å². The van der Waals surface area contributed by atoms with Crippen molar-refractivity contribution in [1.29, 1.82) is 0 Å². The van der Waals surface area contributed by atoms with Gasteiger partial charge in [-0.05, 0) is 37.3 Å². The van der Waals surface area contributed by atoms with E-state index in [0.717, 1.165) is 6.42 Å². The molecule has 0 fully saturated rings. The first-order chi connectivity index (χ1) is 6.91. The van der Waals surface area contributed by atoms with E-state index in [1.165, 1.54) is 16.7 Å². The topological polar surface area (TPSA) is 26.0 Å². The molecule has 0 saturated carbocycles. The summed E-state index contributed by atoms with van der Waals surface area (Å²) >= 11 is 0. The first-order valence-electron chi connectivity index (χ1n) is 5.78. The van der Waals surface area contributed by atoms with Gasteiger partial charge in [0.1, 0.15) is 0 Å². The second-order valence-electron chi connectivity index (χ2n) is 4.87. The summed E-state index contributed by atoms with van der Waals surface area (Å²) in [6.45, 7) is 10.8. The highest BCUT2D eigenvalue weighted by atomic mass is 14.8. The predicted molar refractivity (Wildman–Crippen MR) is 66.9 cm³/mol. The summed E-state index contributed by atoms with van der Waals surface area (Å²) in [5.41, 5.74) is 10.2. The molecular weight excluding hydrogens is 182 g/mol. The Morgan fingerprint density at radius 2 is 1.87 bits per heavy atom. The minimum atomic E-state index is -0.184. The molecule has 2 N–H and O–H groups in total. The maximum Gasteiger partial charge on any atom is 0.0433 e. The van der Waals surface area contributed by atoms with Crippen LogP contribution in [0.3, 0.4) is 0 Å². The van der Waals surface area contributed by atoms with E-state index in [1.54, 1.807) is 0 Å². The van der Waals surface area contributed by atoms with Gasteiger partial charge in [-0.3, -0.25) is 0 Å². The van der Waals surface area contributed by atoms with Crippen LogP contribution >= 0.6 is 0 Å². The molecule has 1 atom stereocenters. The molecule has 0 aliphatic rings. The number of hydrogen-bond acceptors (Lipinski definition) is 1. The van der Waals surface area contributed by atoms with E-state index in [1.807, 2.05) is 0 Å². The average molecular weight is 205 g/mol. The van der Waals surface area contributed by atoms with Gasteiger partial charge in [0.05, 0.1) is 0 Å². The maximum atomic E-state index is 6.53. The fourth-order valence-electron chi connectivity index (χ4n) is 2.15. The summed E-state index contributed by atoms with van der Waals surface area (Å²) in [5.74, 6) is 0.461. The second-order valence-corrected chi connectivity index (χ2v) is 4.87. The van der Waals surface area contributed by atoms with Gasteiger partial charge in [0.2, 0.25) is 0 Å². The molecule has 15 heavy (non-hydrogen) atoms. The van der Waals surface area contributed by atoms with Crippen molar-refractivity contribution in [2.24, 2.45) is 11.7 Å². The van der Waals surface area contributed by atoms with Crippen LogP contribution in [0.1, 0.15) is 43.9 Å². The summed E-state index contributed by atoms with van der Waals surface area (Å²) in [4.78, 5) is 0. The molecule has 84 valence electrons. The molecule has 0 saturated heterocycles. The van der Waals surface area contributed by atoms with Gasteiger partial charge in [-0.15, -0.1) is 0 Å². The number of aryl methyl sites for hydroxylation is 2. The molecular formula is C14H23N. The van der Waals surface area contributed by atoms with Gasteiger partial charge in [-0.25, -0.2) is 0 Å². The van der Waals surface area contributed by atoms with Gasteiger partial charge in [-0.1, -0.05) is 44.5 Å². The molecule has 0 spiro atoms. The van der Waals surface area contributed by atoms with Crippen molar-refractivity contribution in [3.8, 4) is 0 Å². The van der Waals surface area contributed by atoms with Gasteiger partial charge in [0.15, 0.2) is 0 Å².